The van der Waals surface area contributed by atoms with E-state index < -0.39 is 11.8 Å². The predicted octanol–water partition coefficient (Wildman–Crippen LogP) is 3.00. The van der Waals surface area contributed by atoms with E-state index in [1.807, 2.05) is 32.9 Å². The van der Waals surface area contributed by atoms with Crippen LogP contribution in [0.1, 0.15) is 81.4 Å². The molecule has 5 rings (SSSR count). The number of anilines is 1. The molecule has 6 atom stereocenters. The average Bonchev–Trinajstić information content (AvgIpc) is 3.54. The molecule has 0 radical (unpaired) electrons. The van der Waals surface area contributed by atoms with Crippen LogP contribution in [0.2, 0.25) is 0 Å². The van der Waals surface area contributed by atoms with Crippen molar-refractivity contribution in [3.8, 4) is 0 Å². The summed E-state index contributed by atoms with van der Waals surface area (Å²) in [6.07, 6.45) is 3.78. The Bertz CT molecular complexity index is 1370. The lowest BCUT2D eigenvalue weighted by Gasteiger charge is -2.40. The van der Waals surface area contributed by atoms with E-state index in [1.54, 1.807) is 18.2 Å². The van der Waals surface area contributed by atoms with Crippen LogP contribution in [0.4, 0.5) is 5.69 Å². The number of aliphatic hydroxyl groups excluding tert-OH is 1. The Morgan fingerprint density at radius 1 is 1.15 bits per heavy atom. The van der Waals surface area contributed by atoms with Crippen LogP contribution < -0.4 is 16.4 Å². The normalized spacial score (nSPS) is 25.4. The van der Waals surface area contributed by atoms with Crippen LogP contribution in [0.15, 0.2) is 36.7 Å². The Balaban J connectivity index is 1.27. The maximum atomic E-state index is 13.0. The number of aromatic nitrogens is 4. The van der Waals surface area contributed by atoms with Gasteiger partial charge in [-0.15, -0.1) is 0 Å². The third kappa shape index (κ3) is 5.95. The zero-order chi connectivity index (χ0) is 28.6. The van der Waals surface area contributed by atoms with Gasteiger partial charge in [-0.05, 0) is 88.0 Å². The highest BCUT2D eigenvalue weighted by atomic mass is 16.6. The second kappa shape index (κ2) is 11.1. The average molecular weight is 550 g/mol. The van der Waals surface area contributed by atoms with Crippen LogP contribution in [0.3, 0.4) is 0 Å². The minimum atomic E-state index is -1.08. The zero-order valence-corrected chi connectivity index (χ0v) is 23.5. The molecule has 214 valence electrons. The summed E-state index contributed by atoms with van der Waals surface area (Å²) in [5, 5.41) is 21.8. The molecule has 1 aromatic carbocycles. The molecule has 3 aromatic rings. The summed E-state index contributed by atoms with van der Waals surface area (Å²) in [6, 6.07) is 8.87. The van der Waals surface area contributed by atoms with Gasteiger partial charge in [0.15, 0.2) is 0 Å². The molecule has 2 aliphatic rings. The summed E-state index contributed by atoms with van der Waals surface area (Å²) in [5.41, 5.74) is 7.32. The fourth-order valence-corrected chi connectivity index (χ4v) is 6.36. The molecule has 40 heavy (non-hydrogen) atoms. The van der Waals surface area contributed by atoms with E-state index in [1.165, 1.54) is 10.8 Å². The van der Waals surface area contributed by atoms with Crippen molar-refractivity contribution >= 4 is 23.3 Å². The second-order valence-electron chi connectivity index (χ2n) is 12.1. The van der Waals surface area contributed by atoms with Gasteiger partial charge in [-0.25, -0.2) is 4.98 Å². The number of carbonyl (C=O) groups excluding carboxylic acids is 2. The molecule has 2 aliphatic carbocycles. The lowest BCUT2D eigenvalue weighted by Crippen LogP contribution is -2.44. The minimum Gasteiger partial charge on any atom is -0.460 e. The first kappa shape index (κ1) is 28.0. The van der Waals surface area contributed by atoms with Crippen molar-refractivity contribution in [1.82, 2.24) is 30.2 Å². The van der Waals surface area contributed by atoms with Crippen molar-refractivity contribution < 1.29 is 19.4 Å². The van der Waals surface area contributed by atoms with E-state index in [0.29, 0.717) is 29.8 Å². The van der Waals surface area contributed by atoms with Gasteiger partial charge in [0.2, 0.25) is 0 Å². The summed E-state index contributed by atoms with van der Waals surface area (Å²) in [6.45, 7) is 8.17. The number of esters is 1. The highest BCUT2D eigenvalue weighted by Crippen LogP contribution is 2.48. The van der Waals surface area contributed by atoms with Crippen molar-refractivity contribution in [2.75, 3.05) is 5.73 Å². The number of hydrogen-bond acceptors (Lipinski definition) is 9. The molecule has 2 unspecified atom stereocenters. The van der Waals surface area contributed by atoms with Gasteiger partial charge in [0.05, 0.1) is 11.6 Å². The number of fused-ring (bicyclic) bond motifs is 2. The molecule has 1 amide bonds. The molecule has 2 heterocycles. The summed E-state index contributed by atoms with van der Waals surface area (Å²) < 4.78 is 7.15. The number of aliphatic hydroxyl groups is 1. The van der Waals surface area contributed by atoms with Gasteiger partial charge in [0.25, 0.3) is 11.7 Å². The van der Waals surface area contributed by atoms with E-state index in [-0.39, 0.29) is 41.2 Å². The van der Waals surface area contributed by atoms with Gasteiger partial charge in [-0.3, -0.25) is 14.9 Å². The number of carbonyl (C=O) groups is 2. The fraction of sp³-hybridized carbons (Fsp3) is 0.552. The number of nitrogens with zero attached hydrogens (tertiary/aromatic N) is 4. The van der Waals surface area contributed by atoms with E-state index in [0.717, 1.165) is 31.2 Å². The molecular weight excluding hydrogens is 510 g/mol. The maximum Gasteiger partial charge on any atom is 0.309 e. The fourth-order valence-electron chi connectivity index (χ4n) is 6.36. The first-order valence-electron chi connectivity index (χ1n) is 14.0. The zero-order valence-electron chi connectivity index (χ0n) is 23.5. The van der Waals surface area contributed by atoms with Crippen LogP contribution in [-0.2, 0) is 16.1 Å². The number of nitrogen functional groups attached to an aromatic ring is 1. The van der Waals surface area contributed by atoms with E-state index in [2.05, 4.69) is 32.6 Å². The first-order chi connectivity index (χ1) is 19.0. The first-order valence-corrected chi connectivity index (χ1v) is 14.0. The van der Waals surface area contributed by atoms with Gasteiger partial charge in [-0.1, -0.05) is 19.1 Å². The third-order valence-electron chi connectivity index (χ3n) is 8.31. The summed E-state index contributed by atoms with van der Waals surface area (Å²) in [7, 11) is 0. The van der Waals surface area contributed by atoms with Crippen LogP contribution in [-0.4, -0.2) is 48.2 Å². The Labute approximate surface area is 233 Å². The predicted molar refractivity (Wildman–Crippen MR) is 149 cm³/mol. The lowest BCUT2D eigenvalue weighted by atomic mass is 9.68. The van der Waals surface area contributed by atoms with E-state index in [9.17, 15) is 14.7 Å². The quantitative estimate of drug-likeness (QED) is 0.198. The van der Waals surface area contributed by atoms with Gasteiger partial charge in [0.1, 0.15) is 23.9 Å². The van der Waals surface area contributed by atoms with Crippen molar-refractivity contribution in [3.05, 3.63) is 53.6 Å². The highest BCUT2D eigenvalue weighted by molar-refractivity contribution is 5.92. The number of amides is 1. The number of hydrogen-bond donors (Lipinski definition) is 4. The molecule has 2 saturated carbocycles. The lowest BCUT2D eigenvalue weighted by molar-refractivity contribution is -0.164. The van der Waals surface area contributed by atoms with Crippen LogP contribution in [0.25, 0.3) is 5.78 Å². The molecule has 0 aliphatic heterocycles. The Hall–Kier alpha value is -3.57. The summed E-state index contributed by atoms with van der Waals surface area (Å²) in [4.78, 5) is 34.3. The van der Waals surface area contributed by atoms with Gasteiger partial charge in [-0.2, -0.15) is 14.6 Å². The summed E-state index contributed by atoms with van der Waals surface area (Å²) >= 11 is 0. The maximum absolute atomic E-state index is 13.0. The molecule has 2 aromatic heterocycles. The van der Waals surface area contributed by atoms with Crippen LogP contribution in [0.5, 0.6) is 0 Å². The number of ether oxygens (including phenoxy) is 1. The van der Waals surface area contributed by atoms with Gasteiger partial charge < -0.3 is 20.9 Å². The Morgan fingerprint density at radius 3 is 2.60 bits per heavy atom. The van der Waals surface area contributed by atoms with Gasteiger partial charge >= 0.3 is 5.97 Å². The van der Waals surface area contributed by atoms with Crippen molar-refractivity contribution in [2.24, 2.45) is 23.7 Å². The molecule has 11 nitrogen and oxygen atoms in total. The third-order valence-corrected chi connectivity index (χ3v) is 8.31. The standard InChI is InChI=1S/C29H39N7O4/c1-16-19-11-12-22(21(19)10-9-20(16)27(39)40-29(2,3)4)34-26(38)24-13-23(35-28-32-15-33-36(24)28)25(37)31-14-17-5-7-18(30)8-6-17/h5-8,13,15-16,19-22,26,34,38H,9-12,14,30H2,1-4H3,(H,31,37)/t16-,19+,20+,21?,22+,26?/m1/s1. The van der Waals surface area contributed by atoms with Gasteiger partial charge in [0, 0.05) is 18.3 Å². The van der Waals surface area contributed by atoms with Crippen molar-refractivity contribution in [2.45, 2.75) is 77.8 Å². The molecule has 11 heteroatoms. The largest absolute Gasteiger partial charge is 0.460 e. The number of nitrogens with two attached hydrogens (primary N) is 1. The monoisotopic (exact) mass is 549 g/mol. The Kier molecular flexibility index (Phi) is 7.78. The molecule has 0 spiro atoms. The SMILES string of the molecule is C[C@H]1[C@@H](C(=O)OC(C)(C)C)CCC2[C@@H](NC(O)c3cc(C(=O)NCc4ccc(N)cc4)nc4ncnn34)CC[C@H]21. The van der Waals surface area contributed by atoms with Crippen molar-refractivity contribution in [3.63, 3.8) is 0 Å². The van der Waals surface area contributed by atoms with Crippen LogP contribution >= 0.6 is 0 Å². The number of benzene rings is 1. The Morgan fingerprint density at radius 2 is 1.88 bits per heavy atom. The van der Waals surface area contributed by atoms with E-state index >= 15 is 0 Å². The molecule has 5 N–H and O–H groups in total. The molecule has 0 bridgehead atoms. The van der Waals surface area contributed by atoms with Crippen LogP contribution in [0, 0.1) is 23.7 Å². The summed E-state index contributed by atoms with van der Waals surface area (Å²) in [5.74, 6) is 0.541. The number of rotatable bonds is 7. The smallest absolute Gasteiger partial charge is 0.309 e. The van der Waals surface area contributed by atoms with Crippen molar-refractivity contribution in [1.29, 1.82) is 0 Å². The number of nitrogens with one attached hydrogen (secondary N) is 2. The molecule has 2 fully saturated rings. The van der Waals surface area contributed by atoms with E-state index in [4.69, 9.17) is 10.5 Å². The second-order valence-corrected chi connectivity index (χ2v) is 12.1. The molecular formula is C29H39N7O4. The minimum absolute atomic E-state index is 0.0663. The topological polar surface area (TPSA) is 157 Å². The highest BCUT2D eigenvalue weighted by Gasteiger charge is 2.47. The molecule has 0 saturated heterocycles.